The van der Waals surface area contributed by atoms with Crippen LogP contribution in [0, 0.1) is 5.92 Å². The van der Waals surface area contributed by atoms with Crippen LogP contribution in [0.2, 0.25) is 0 Å². The Kier molecular flexibility index (Phi) is 5.04. The predicted octanol–water partition coefficient (Wildman–Crippen LogP) is 3.41. The maximum atomic E-state index is 13.0. The largest absolute Gasteiger partial charge is 0.341 e. The van der Waals surface area contributed by atoms with Crippen molar-refractivity contribution in [3.8, 4) is 0 Å². The van der Waals surface area contributed by atoms with Gasteiger partial charge in [-0.15, -0.1) is 22.7 Å². The summed E-state index contributed by atoms with van der Waals surface area (Å²) in [6, 6.07) is 11.1. The van der Waals surface area contributed by atoms with Gasteiger partial charge in [-0.1, -0.05) is 12.1 Å². The molecule has 0 radical (unpaired) electrons. The van der Waals surface area contributed by atoms with E-state index in [4.69, 9.17) is 0 Å². The summed E-state index contributed by atoms with van der Waals surface area (Å²) in [4.78, 5) is 41.8. The summed E-state index contributed by atoms with van der Waals surface area (Å²) >= 11 is 2.95. The number of carbonyl (C=O) groups excluding carboxylic acids is 2. The number of piperidine rings is 1. The van der Waals surface area contributed by atoms with Crippen LogP contribution in [0.4, 0.5) is 5.69 Å². The van der Waals surface area contributed by atoms with E-state index in [2.05, 4.69) is 5.32 Å². The number of fused-ring (bicyclic) bond motifs is 4. The Bertz CT molecular complexity index is 1140. The molecule has 0 spiro atoms. The maximum absolute atomic E-state index is 13.0. The molecule has 1 fully saturated rings. The lowest BCUT2D eigenvalue weighted by Gasteiger charge is -2.43. The molecule has 3 aromatic rings. The highest BCUT2D eigenvalue weighted by molar-refractivity contribution is 7.12. The zero-order valence-electron chi connectivity index (χ0n) is 16.2. The van der Waals surface area contributed by atoms with Gasteiger partial charge in [0, 0.05) is 36.1 Å². The molecule has 2 bridgehead atoms. The fraction of sp³-hybridized carbons (Fsp3) is 0.318. The normalized spacial score (nSPS) is 19.9. The van der Waals surface area contributed by atoms with E-state index < -0.39 is 0 Å². The summed E-state index contributed by atoms with van der Waals surface area (Å²) in [6.07, 6.45) is 1.43. The molecule has 2 amide bonds. The number of likely N-dealkylation sites (tertiary alicyclic amines) is 1. The van der Waals surface area contributed by atoms with Crippen LogP contribution in [0.25, 0.3) is 0 Å². The Balaban J connectivity index is 1.35. The number of hydrogen-bond donors (Lipinski definition) is 1. The van der Waals surface area contributed by atoms with E-state index in [-0.39, 0.29) is 29.2 Å². The second-order valence-corrected chi connectivity index (χ2v) is 9.85. The number of aromatic nitrogens is 1. The monoisotopic (exact) mass is 439 g/mol. The van der Waals surface area contributed by atoms with Gasteiger partial charge in [-0.3, -0.25) is 14.4 Å². The van der Waals surface area contributed by atoms with Gasteiger partial charge in [0.15, 0.2) is 0 Å². The van der Waals surface area contributed by atoms with Crippen molar-refractivity contribution < 1.29 is 9.59 Å². The molecule has 8 heteroatoms. The van der Waals surface area contributed by atoms with Crippen LogP contribution in [-0.2, 0) is 17.8 Å². The number of thiophene rings is 2. The number of nitrogens with zero attached hydrogens (tertiary/aromatic N) is 2. The minimum atomic E-state index is -0.260. The molecule has 2 unspecified atom stereocenters. The lowest BCUT2D eigenvalue weighted by atomic mass is 9.83. The molecular formula is C22H21N3O3S2. The average Bonchev–Trinajstić information content (AvgIpc) is 3.44. The van der Waals surface area contributed by atoms with Crippen LogP contribution in [0.3, 0.4) is 0 Å². The highest BCUT2D eigenvalue weighted by Gasteiger charge is 2.36. The topological polar surface area (TPSA) is 71.4 Å². The Hall–Kier alpha value is -2.71. The molecule has 0 aromatic carbocycles. The van der Waals surface area contributed by atoms with Crippen LogP contribution in [0.15, 0.2) is 52.0 Å². The summed E-state index contributed by atoms with van der Waals surface area (Å²) in [5.74, 6) is 0.302. The summed E-state index contributed by atoms with van der Waals surface area (Å²) < 4.78 is 1.80. The third-order valence-corrected chi connectivity index (χ3v) is 7.60. The number of nitrogens with one attached hydrogen (secondary N) is 1. The van der Waals surface area contributed by atoms with Gasteiger partial charge in [0.2, 0.25) is 5.91 Å². The Morgan fingerprint density at radius 1 is 1.03 bits per heavy atom. The second kappa shape index (κ2) is 7.85. The van der Waals surface area contributed by atoms with Gasteiger partial charge in [-0.05, 0) is 47.4 Å². The molecule has 2 aliphatic rings. The molecule has 30 heavy (non-hydrogen) atoms. The first-order valence-corrected chi connectivity index (χ1v) is 11.7. The molecule has 2 aliphatic heterocycles. The van der Waals surface area contributed by atoms with Crippen LogP contribution in [0.5, 0.6) is 0 Å². The fourth-order valence-electron chi connectivity index (χ4n) is 4.51. The molecule has 0 saturated carbocycles. The van der Waals surface area contributed by atoms with Crippen molar-refractivity contribution in [2.45, 2.75) is 25.3 Å². The minimum absolute atomic E-state index is 0.152. The molecule has 2 atom stereocenters. The van der Waals surface area contributed by atoms with Gasteiger partial charge in [0.1, 0.15) is 5.69 Å². The van der Waals surface area contributed by atoms with E-state index in [1.54, 1.807) is 28.0 Å². The van der Waals surface area contributed by atoms with E-state index in [1.807, 2.05) is 39.9 Å². The SMILES string of the molecule is O=C(Nc1ccc2n(c1=O)CC1CC2CN(C(=O)Cc2cccs2)C1)c1cccs1. The predicted molar refractivity (Wildman–Crippen MR) is 118 cm³/mol. The van der Waals surface area contributed by atoms with Crippen molar-refractivity contribution in [1.29, 1.82) is 0 Å². The molecule has 1 saturated heterocycles. The third kappa shape index (κ3) is 3.61. The van der Waals surface area contributed by atoms with Gasteiger partial charge in [0.05, 0.1) is 11.3 Å². The molecular weight excluding hydrogens is 418 g/mol. The van der Waals surface area contributed by atoms with Crippen molar-refractivity contribution in [3.05, 3.63) is 73.0 Å². The molecule has 6 nitrogen and oxygen atoms in total. The molecule has 1 N–H and O–H groups in total. The van der Waals surface area contributed by atoms with Gasteiger partial charge < -0.3 is 14.8 Å². The molecule has 5 heterocycles. The third-order valence-electron chi connectivity index (χ3n) is 5.86. The Labute approximate surface area is 181 Å². The van der Waals surface area contributed by atoms with E-state index >= 15 is 0 Å². The number of rotatable bonds is 4. The number of carbonyl (C=O) groups is 2. The smallest absolute Gasteiger partial charge is 0.274 e. The van der Waals surface area contributed by atoms with Crippen molar-refractivity contribution in [2.75, 3.05) is 18.4 Å². The molecule has 154 valence electrons. The maximum Gasteiger partial charge on any atom is 0.274 e. The summed E-state index contributed by atoms with van der Waals surface area (Å²) in [5, 5.41) is 6.58. The molecule has 5 rings (SSSR count). The van der Waals surface area contributed by atoms with E-state index in [9.17, 15) is 14.4 Å². The summed E-state index contributed by atoms with van der Waals surface area (Å²) in [5.41, 5.74) is 1.10. The van der Waals surface area contributed by atoms with E-state index in [1.165, 1.54) is 11.3 Å². The van der Waals surface area contributed by atoms with Gasteiger partial charge >= 0.3 is 0 Å². The zero-order valence-corrected chi connectivity index (χ0v) is 17.9. The zero-order chi connectivity index (χ0) is 20.7. The lowest BCUT2D eigenvalue weighted by molar-refractivity contribution is -0.133. The van der Waals surface area contributed by atoms with Crippen molar-refractivity contribution >= 4 is 40.2 Å². The standard InChI is InChI=1S/C22H21N3O3S2/c26-20(10-16-3-1-7-29-16)24-11-14-9-15(13-24)18-6-5-17(22(28)25(18)12-14)23-21(27)19-4-2-8-30-19/h1-8,14-15H,9-13H2,(H,23,27). The van der Waals surface area contributed by atoms with Crippen molar-refractivity contribution in [2.24, 2.45) is 5.92 Å². The number of pyridine rings is 1. The van der Waals surface area contributed by atoms with Gasteiger partial charge in [-0.25, -0.2) is 0 Å². The highest BCUT2D eigenvalue weighted by atomic mass is 32.1. The van der Waals surface area contributed by atoms with Gasteiger partial charge in [-0.2, -0.15) is 0 Å². The fourth-order valence-corrected chi connectivity index (χ4v) is 5.83. The number of amides is 2. The highest BCUT2D eigenvalue weighted by Crippen LogP contribution is 2.35. The molecule has 3 aromatic heterocycles. The second-order valence-electron chi connectivity index (χ2n) is 7.87. The summed E-state index contributed by atoms with van der Waals surface area (Å²) in [7, 11) is 0. The van der Waals surface area contributed by atoms with Crippen LogP contribution in [-0.4, -0.2) is 34.4 Å². The quantitative estimate of drug-likeness (QED) is 0.677. The van der Waals surface area contributed by atoms with Crippen LogP contribution < -0.4 is 10.9 Å². The van der Waals surface area contributed by atoms with E-state index in [0.717, 1.165) is 17.0 Å². The van der Waals surface area contributed by atoms with Gasteiger partial charge in [0.25, 0.3) is 11.5 Å². The van der Waals surface area contributed by atoms with Crippen LogP contribution >= 0.6 is 22.7 Å². The van der Waals surface area contributed by atoms with Crippen molar-refractivity contribution in [3.63, 3.8) is 0 Å². The van der Waals surface area contributed by atoms with Crippen molar-refractivity contribution in [1.82, 2.24) is 9.47 Å². The first kappa shape index (κ1) is 19.3. The first-order chi connectivity index (χ1) is 14.6. The Morgan fingerprint density at radius 3 is 2.63 bits per heavy atom. The Morgan fingerprint density at radius 2 is 1.87 bits per heavy atom. The average molecular weight is 440 g/mol. The van der Waals surface area contributed by atoms with Crippen LogP contribution in [0.1, 0.15) is 32.6 Å². The minimum Gasteiger partial charge on any atom is -0.341 e. The lowest BCUT2D eigenvalue weighted by Crippen LogP contribution is -2.49. The number of hydrogen-bond acceptors (Lipinski definition) is 5. The summed E-state index contributed by atoms with van der Waals surface area (Å²) in [6.45, 7) is 1.90. The number of anilines is 1. The van der Waals surface area contributed by atoms with E-state index in [0.29, 0.717) is 36.6 Å². The first-order valence-electron chi connectivity index (χ1n) is 9.97. The molecule has 0 aliphatic carbocycles.